The lowest BCUT2D eigenvalue weighted by Crippen LogP contribution is -2.29. The summed E-state index contributed by atoms with van der Waals surface area (Å²) >= 11 is 0. The number of allylic oxidation sites excluding steroid dienone is 6. The molecule has 0 saturated carbocycles. The monoisotopic (exact) mass is 815 g/mol. The summed E-state index contributed by atoms with van der Waals surface area (Å²) in [5.41, 5.74) is 0. The number of hydrogen-bond donors (Lipinski definition) is 3. The van der Waals surface area contributed by atoms with Gasteiger partial charge < -0.3 is 24.6 Å². The van der Waals surface area contributed by atoms with Crippen molar-refractivity contribution in [2.45, 2.75) is 212 Å². The molecule has 3 atom stereocenters. The van der Waals surface area contributed by atoms with Crippen LogP contribution in [0.5, 0.6) is 0 Å². The average molecular weight is 815 g/mol. The van der Waals surface area contributed by atoms with Crippen LogP contribution in [0.1, 0.15) is 200 Å². The van der Waals surface area contributed by atoms with E-state index in [2.05, 4.69) is 54.8 Å². The molecule has 0 aliphatic carbocycles. The first-order valence-electron chi connectivity index (χ1n) is 22.4. The molecule has 0 amide bonds. The molecule has 11 heteroatoms. The van der Waals surface area contributed by atoms with Crippen LogP contribution in [0, 0.1) is 0 Å². The summed E-state index contributed by atoms with van der Waals surface area (Å²) in [7, 11) is -4.63. The van der Waals surface area contributed by atoms with Gasteiger partial charge in [-0.3, -0.25) is 18.6 Å². The average Bonchev–Trinajstić information content (AvgIpc) is 3.19. The molecule has 56 heavy (non-hydrogen) atoms. The largest absolute Gasteiger partial charge is 0.472 e. The Kier molecular flexibility index (Phi) is 40.0. The Bertz CT molecular complexity index is 1030. The number of ether oxygens (including phenoxy) is 2. The van der Waals surface area contributed by atoms with Gasteiger partial charge in [0, 0.05) is 12.8 Å². The standard InChI is InChI=1S/C45H83O10P/c1-3-5-7-9-11-13-15-17-19-20-21-23-24-26-28-30-32-34-36-44(48)52-40-43(41-54-56(50,51)53-39-42(47)38-46)55-45(49)37-35-33-31-29-27-25-22-18-16-14-12-10-8-6-4-2/h12,14,18,22,27,29,42-43,46-47H,3-11,13,15-17,19-21,23-26,28,30-41H2,1-2H3,(H,50,51)/b14-12+,22-18+,29-27+/t42-,43+/m0/s1. The minimum Gasteiger partial charge on any atom is -0.462 e. The molecule has 0 fully saturated rings. The third kappa shape index (κ3) is 40.4. The lowest BCUT2D eigenvalue weighted by Gasteiger charge is -2.20. The van der Waals surface area contributed by atoms with Crippen molar-refractivity contribution >= 4 is 19.8 Å². The van der Waals surface area contributed by atoms with E-state index in [1.807, 2.05) is 0 Å². The molecular weight excluding hydrogens is 731 g/mol. The van der Waals surface area contributed by atoms with Gasteiger partial charge in [0.25, 0.3) is 0 Å². The number of aliphatic hydroxyl groups is 2. The van der Waals surface area contributed by atoms with Crippen LogP contribution in [0.3, 0.4) is 0 Å². The zero-order valence-corrected chi connectivity index (χ0v) is 36.5. The van der Waals surface area contributed by atoms with E-state index in [1.54, 1.807) is 0 Å². The SMILES string of the molecule is CCCCC/C=C/C/C=C/C/C=C/CCCCC(=O)O[C@H](COC(=O)CCCCCCCCCCCCCCCCCCCC)COP(=O)(O)OC[C@@H](O)CO. The maximum Gasteiger partial charge on any atom is 0.472 e. The first kappa shape index (κ1) is 54.2. The summed E-state index contributed by atoms with van der Waals surface area (Å²) in [6.07, 6.45) is 42.6. The number of phosphoric acid groups is 1. The Hall–Kier alpha value is -1.81. The van der Waals surface area contributed by atoms with E-state index in [0.717, 1.165) is 51.4 Å². The number of rotatable bonds is 42. The van der Waals surface area contributed by atoms with Crippen molar-refractivity contribution in [1.82, 2.24) is 0 Å². The summed E-state index contributed by atoms with van der Waals surface area (Å²) < 4.78 is 32.7. The van der Waals surface area contributed by atoms with Gasteiger partial charge in [0.1, 0.15) is 12.7 Å². The van der Waals surface area contributed by atoms with Gasteiger partial charge in [-0.25, -0.2) is 4.57 Å². The highest BCUT2D eigenvalue weighted by atomic mass is 31.2. The molecule has 0 aromatic heterocycles. The maximum atomic E-state index is 12.6. The van der Waals surface area contributed by atoms with E-state index in [0.29, 0.717) is 12.8 Å². The Morgan fingerprint density at radius 2 is 0.929 bits per heavy atom. The van der Waals surface area contributed by atoms with E-state index >= 15 is 0 Å². The Morgan fingerprint density at radius 1 is 0.536 bits per heavy atom. The molecule has 0 spiro atoms. The minimum absolute atomic E-state index is 0.137. The predicted molar refractivity (Wildman–Crippen MR) is 228 cm³/mol. The molecule has 328 valence electrons. The van der Waals surface area contributed by atoms with E-state index in [9.17, 15) is 24.2 Å². The van der Waals surface area contributed by atoms with Crippen molar-refractivity contribution in [3.05, 3.63) is 36.5 Å². The van der Waals surface area contributed by atoms with Crippen LogP contribution in [-0.2, 0) is 32.7 Å². The normalized spacial score (nSPS) is 14.2. The van der Waals surface area contributed by atoms with Crippen molar-refractivity contribution in [2.75, 3.05) is 26.4 Å². The molecule has 1 unspecified atom stereocenters. The molecule has 0 bridgehead atoms. The Labute approximate surface area is 341 Å². The van der Waals surface area contributed by atoms with E-state index in [1.165, 1.54) is 109 Å². The molecular formula is C45H83O10P. The number of carbonyl (C=O) groups excluding carboxylic acids is 2. The van der Waals surface area contributed by atoms with Gasteiger partial charge in [-0.15, -0.1) is 0 Å². The second kappa shape index (κ2) is 41.4. The number of aliphatic hydroxyl groups excluding tert-OH is 2. The fourth-order valence-corrected chi connectivity index (χ4v) is 6.85. The molecule has 10 nitrogen and oxygen atoms in total. The van der Waals surface area contributed by atoms with Gasteiger partial charge in [0.2, 0.25) is 0 Å². The van der Waals surface area contributed by atoms with Crippen LogP contribution in [0.2, 0.25) is 0 Å². The summed E-state index contributed by atoms with van der Waals surface area (Å²) in [5, 5.41) is 18.3. The highest BCUT2D eigenvalue weighted by Crippen LogP contribution is 2.43. The van der Waals surface area contributed by atoms with Crippen molar-refractivity contribution in [3.63, 3.8) is 0 Å². The minimum atomic E-state index is -4.63. The van der Waals surface area contributed by atoms with Crippen molar-refractivity contribution in [1.29, 1.82) is 0 Å². The fourth-order valence-electron chi connectivity index (χ4n) is 6.06. The molecule has 0 aliphatic heterocycles. The van der Waals surface area contributed by atoms with E-state index in [-0.39, 0.29) is 19.4 Å². The Balaban J connectivity index is 4.30. The summed E-state index contributed by atoms with van der Waals surface area (Å²) in [6.45, 7) is 2.33. The van der Waals surface area contributed by atoms with Crippen molar-refractivity contribution < 1.29 is 47.8 Å². The lowest BCUT2D eigenvalue weighted by atomic mass is 10.0. The second-order valence-corrected chi connectivity index (χ2v) is 16.5. The van der Waals surface area contributed by atoms with E-state index in [4.69, 9.17) is 19.1 Å². The van der Waals surface area contributed by atoms with Gasteiger partial charge in [-0.05, 0) is 51.4 Å². The number of esters is 2. The lowest BCUT2D eigenvalue weighted by molar-refractivity contribution is -0.161. The van der Waals surface area contributed by atoms with Gasteiger partial charge >= 0.3 is 19.8 Å². The van der Waals surface area contributed by atoms with Crippen molar-refractivity contribution in [3.8, 4) is 0 Å². The molecule has 0 aromatic carbocycles. The van der Waals surface area contributed by atoms with Crippen molar-refractivity contribution in [2.24, 2.45) is 0 Å². The number of phosphoric ester groups is 1. The van der Waals surface area contributed by atoms with Crippen LogP contribution in [0.4, 0.5) is 0 Å². The Morgan fingerprint density at radius 3 is 1.43 bits per heavy atom. The summed E-state index contributed by atoms with van der Waals surface area (Å²) in [4.78, 5) is 35.0. The van der Waals surface area contributed by atoms with Crippen LogP contribution in [0.15, 0.2) is 36.5 Å². The molecule has 0 saturated heterocycles. The van der Waals surface area contributed by atoms with Crippen LogP contribution in [0.25, 0.3) is 0 Å². The molecule has 0 aliphatic rings. The number of hydrogen-bond acceptors (Lipinski definition) is 9. The van der Waals surface area contributed by atoms with Gasteiger partial charge in [0.05, 0.1) is 19.8 Å². The summed E-state index contributed by atoms with van der Waals surface area (Å²) in [5.74, 6) is -0.963. The maximum absolute atomic E-state index is 12.6. The van der Waals surface area contributed by atoms with Gasteiger partial charge in [-0.1, -0.05) is 172 Å². The van der Waals surface area contributed by atoms with Gasteiger partial charge in [0.15, 0.2) is 6.10 Å². The van der Waals surface area contributed by atoms with Crippen LogP contribution < -0.4 is 0 Å². The molecule has 0 heterocycles. The van der Waals surface area contributed by atoms with Gasteiger partial charge in [-0.2, -0.15) is 0 Å². The topological polar surface area (TPSA) is 149 Å². The van der Waals surface area contributed by atoms with Crippen LogP contribution in [-0.4, -0.2) is 65.7 Å². The first-order chi connectivity index (χ1) is 27.2. The highest BCUT2D eigenvalue weighted by molar-refractivity contribution is 7.47. The first-order valence-corrected chi connectivity index (χ1v) is 23.9. The third-order valence-corrected chi connectivity index (χ3v) is 10.5. The van der Waals surface area contributed by atoms with E-state index < -0.39 is 51.8 Å². The number of unbranched alkanes of at least 4 members (excludes halogenated alkanes) is 22. The smallest absolute Gasteiger partial charge is 0.462 e. The molecule has 0 radical (unpaired) electrons. The third-order valence-electron chi connectivity index (χ3n) is 9.55. The highest BCUT2D eigenvalue weighted by Gasteiger charge is 2.27. The fraction of sp³-hybridized carbons (Fsp3) is 0.822. The zero-order chi connectivity index (χ0) is 41.2. The number of carbonyl (C=O) groups is 2. The molecule has 3 N–H and O–H groups in total. The summed E-state index contributed by atoms with van der Waals surface area (Å²) in [6, 6.07) is 0. The quantitative estimate of drug-likeness (QED) is 0.0235. The second-order valence-electron chi connectivity index (χ2n) is 15.1. The predicted octanol–water partition coefficient (Wildman–Crippen LogP) is 11.9. The molecule has 0 rings (SSSR count). The molecule has 0 aromatic rings. The van der Waals surface area contributed by atoms with Crippen LogP contribution >= 0.6 is 7.82 Å². The zero-order valence-electron chi connectivity index (χ0n) is 35.6.